The van der Waals surface area contributed by atoms with E-state index in [9.17, 15) is 0 Å². The lowest BCUT2D eigenvalue weighted by Crippen LogP contribution is -2.00. The van der Waals surface area contributed by atoms with Crippen molar-refractivity contribution in [3.8, 4) is 0 Å². The van der Waals surface area contributed by atoms with Crippen molar-refractivity contribution in [2.24, 2.45) is 5.92 Å². The standard InChI is InChI=1S/C16H20.C2H6/c1-13(2)12-14-8-10-16(11-9-14)15-6-4-3-5-7-15;1-2/h3-10,13,16H,11-12H2,1-2H3;1-2H3. The van der Waals surface area contributed by atoms with Crippen molar-refractivity contribution >= 4 is 0 Å². The zero-order chi connectivity index (χ0) is 13.4. The molecule has 0 nitrogen and oxygen atoms in total. The third-order valence-corrected chi connectivity index (χ3v) is 3.05. The van der Waals surface area contributed by atoms with E-state index in [1.54, 1.807) is 0 Å². The molecule has 0 heteroatoms. The Morgan fingerprint density at radius 3 is 2.28 bits per heavy atom. The van der Waals surface area contributed by atoms with Crippen LogP contribution in [0.15, 0.2) is 54.1 Å². The fraction of sp³-hybridized carbons (Fsp3) is 0.444. The van der Waals surface area contributed by atoms with E-state index in [0.29, 0.717) is 5.92 Å². The van der Waals surface area contributed by atoms with Gasteiger partial charge in [0.05, 0.1) is 0 Å². The SMILES string of the molecule is CC.CC(C)CC1=CCC(c2ccccc2)C=C1. The Hall–Kier alpha value is -1.30. The van der Waals surface area contributed by atoms with Crippen LogP contribution in [0, 0.1) is 5.92 Å². The van der Waals surface area contributed by atoms with E-state index in [1.807, 2.05) is 13.8 Å². The number of hydrogen-bond acceptors (Lipinski definition) is 0. The molecule has 2 rings (SSSR count). The van der Waals surface area contributed by atoms with Crippen LogP contribution in [-0.2, 0) is 0 Å². The van der Waals surface area contributed by atoms with Crippen molar-refractivity contribution in [1.29, 1.82) is 0 Å². The molecule has 0 spiro atoms. The van der Waals surface area contributed by atoms with Gasteiger partial charge < -0.3 is 0 Å². The molecular formula is C18H26. The Morgan fingerprint density at radius 2 is 1.78 bits per heavy atom. The van der Waals surface area contributed by atoms with Crippen LogP contribution in [0.2, 0.25) is 0 Å². The second-order valence-electron chi connectivity index (χ2n) is 4.99. The largest absolute Gasteiger partial charge is 0.0804 e. The molecule has 0 heterocycles. The van der Waals surface area contributed by atoms with E-state index in [0.717, 1.165) is 12.3 Å². The van der Waals surface area contributed by atoms with Crippen LogP contribution in [0.1, 0.15) is 52.0 Å². The van der Waals surface area contributed by atoms with Crippen LogP contribution in [0.3, 0.4) is 0 Å². The third-order valence-electron chi connectivity index (χ3n) is 3.05. The van der Waals surface area contributed by atoms with Gasteiger partial charge in [-0.25, -0.2) is 0 Å². The highest BCUT2D eigenvalue weighted by Crippen LogP contribution is 2.28. The zero-order valence-electron chi connectivity index (χ0n) is 12.2. The Kier molecular flexibility index (Phi) is 6.49. The average Bonchev–Trinajstić information content (AvgIpc) is 2.42. The number of rotatable bonds is 3. The van der Waals surface area contributed by atoms with Crippen LogP contribution < -0.4 is 0 Å². The van der Waals surface area contributed by atoms with Gasteiger partial charge in [0.25, 0.3) is 0 Å². The fourth-order valence-electron chi connectivity index (χ4n) is 2.23. The molecule has 1 aliphatic carbocycles. The van der Waals surface area contributed by atoms with Gasteiger partial charge >= 0.3 is 0 Å². The fourth-order valence-corrected chi connectivity index (χ4v) is 2.23. The smallest absolute Gasteiger partial charge is 0.00559 e. The van der Waals surface area contributed by atoms with E-state index < -0.39 is 0 Å². The maximum atomic E-state index is 2.40. The van der Waals surface area contributed by atoms with Crippen LogP contribution in [0.4, 0.5) is 0 Å². The Morgan fingerprint density at radius 1 is 1.11 bits per heavy atom. The van der Waals surface area contributed by atoms with Crippen molar-refractivity contribution in [3.05, 3.63) is 59.7 Å². The van der Waals surface area contributed by atoms with Gasteiger partial charge in [-0.05, 0) is 24.3 Å². The second kappa shape index (κ2) is 7.92. The summed E-state index contributed by atoms with van der Waals surface area (Å²) in [5, 5.41) is 0. The summed E-state index contributed by atoms with van der Waals surface area (Å²) in [6, 6.07) is 10.8. The van der Waals surface area contributed by atoms with Crippen molar-refractivity contribution in [3.63, 3.8) is 0 Å². The van der Waals surface area contributed by atoms with Gasteiger partial charge in [0.2, 0.25) is 0 Å². The van der Waals surface area contributed by atoms with E-state index >= 15 is 0 Å². The van der Waals surface area contributed by atoms with Gasteiger partial charge in [0.1, 0.15) is 0 Å². The highest BCUT2D eigenvalue weighted by Gasteiger charge is 2.10. The summed E-state index contributed by atoms with van der Waals surface area (Å²) >= 11 is 0. The first-order chi connectivity index (χ1) is 8.75. The molecule has 1 aromatic carbocycles. The van der Waals surface area contributed by atoms with Crippen LogP contribution in [-0.4, -0.2) is 0 Å². The molecule has 0 bridgehead atoms. The highest BCUT2D eigenvalue weighted by atomic mass is 14.2. The molecule has 0 aromatic heterocycles. The van der Waals surface area contributed by atoms with Gasteiger partial charge in [-0.2, -0.15) is 0 Å². The van der Waals surface area contributed by atoms with Crippen LogP contribution in [0.25, 0.3) is 0 Å². The summed E-state index contributed by atoms with van der Waals surface area (Å²) in [7, 11) is 0. The van der Waals surface area contributed by atoms with E-state index in [-0.39, 0.29) is 0 Å². The van der Waals surface area contributed by atoms with Gasteiger partial charge in [-0.3, -0.25) is 0 Å². The predicted octanol–water partition coefficient (Wildman–Crippen LogP) is 5.73. The Labute approximate surface area is 112 Å². The van der Waals surface area contributed by atoms with Gasteiger partial charge in [0.15, 0.2) is 0 Å². The summed E-state index contributed by atoms with van der Waals surface area (Å²) in [6.45, 7) is 8.55. The molecule has 98 valence electrons. The Balaban J connectivity index is 0.000000771. The monoisotopic (exact) mass is 242 g/mol. The number of benzene rings is 1. The summed E-state index contributed by atoms with van der Waals surface area (Å²) in [6.07, 6.45) is 9.42. The lowest BCUT2D eigenvalue weighted by Gasteiger charge is -2.17. The van der Waals surface area contributed by atoms with Crippen molar-refractivity contribution < 1.29 is 0 Å². The quantitative estimate of drug-likeness (QED) is 0.635. The van der Waals surface area contributed by atoms with Gasteiger partial charge in [0, 0.05) is 5.92 Å². The maximum absolute atomic E-state index is 2.40. The molecule has 0 aliphatic heterocycles. The summed E-state index contributed by atoms with van der Waals surface area (Å²) in [5.74, 6) is 1.33. The van der Waals surface area contributed by atoms with E-state index in [4.69, 9.17) is 0 Å². The molecule has 1 aliphatic rings. The summed E-state index contributed by atoms with van der Waals surface area (Å²) < 4.78 is 0. The molecule has 0 saturated carbocycles. The lowest BCUT2D eigenvalue weighted by molar-refractivity contribution is 0.643. The first-order valence-electron chi connectivity index (χ1n) is 7.18. The average molecular weight is 242 g/mol. The van der Waals surface area contributed by atoms with Gasteiger partial charge in [-0.1, -0.05) is 81.8 Å². The van der Waals surface area contributed by atoms with Crippen LogP contribution in [0.5, 0.6) is 0 Å². The number of allylic oxidation sites excluding steroid dienone is 4. The molecule has 0 amide bonds. The first-order valence-corrected chi connectivity index (χ1v) is 7.18. The third kappa shape index (κ3) is 4.52. The highest BCUT2D eigenvalue weighted by molar-refractivity contribution is 5.32. The summed E-state index contributed by atoms with van der Waals surface area (Å²) in [5.41, 5.74) is 2.93. The lowest BCUT2D eigenvalue weighted by atomic mass is 9.88. The molecule has 0 saturated heterocycles. The molecule has 1 aromatic rings. The maximum Gasteiger partial charge on any atom is 0.00559 e. The topological polar surface area (TPSA) is 0 Å². The van der Waals surface area contributed by atoms with Crippen LogP contribution >= 0.6 is 0 Å². The van der Waals surface area contributed by atoms with E-state index in [1.165, 1.54) is 17.6 Å². The van der Waals surface area contributed by atoms with E-state index in [2.05, 4.69) is 62.4 Å². The van der Waals surface area contributed by atoms with Crippen molar-refractivity contribution in [1.82, 2.24) is 0 Å². The second-order valence-corrected chi connectivity index (χ2v) is 4.99. The summed E-state index contributed by atoms with van der Waals surface area (Å²) in [4.78, 5) is 0. The molecule has 0 radical (unpaired) electrons. The molecule has 1 atom stereocenters. The molecule has 18 heavy (non-hydrogen) atoms. The van der Waals surface area contributed by atoms with Crippen molar-refractivity contribution in [2.45, 2.75) is 46.5 Å². The normalized spacial score (nSPS) is 18.1. The minimum atomic E-state index is 0.581. The predicted molar refractivity (Wildman–Crippen MR) is 81.8 cm³/mol. The minimum absolute atomic E-state index is 0.581. The molecule has 0 N–H and O–H groups in total. The van der Waals surface area contributed by atoms with Crippen molar-refractivity contribution in [2.75, 3.05) is 0 Å². The zero-order valence-corrected chi connectivity index (χ0v) is 12.2. The van der Waals surface area contributed by atoms with Gasteiger partial charge in [-0.15, -0.1) is 0 Å². The molecule has 0 fully saturated rings. The molecule has 1 unspecified atom stereocenters. The first kappa shape index (κ1) is 14.8. The Bertz CT molecular complexity index is 382. The number of hydrogen-bond donors (Lipinski definition) is 0. The minimum Gasteiger partial charge on any atom is -0.0804 e. The molecular weight excluding hydrogens is 216 g/mol.